The third-order valence-electron chi connectivity index (χ3n) is 6.56. The van der Waals surface area contributed by atoms with Crippen LogP contribution in [0.5, 0.6) is 0 Å². The van der Waals surface area contributed by atoms with Crippen LogP contribution in [0.15, 0.2) is 71.9 Å². The molecule has 0 aromatic carbocycles. The van der Waals surface area contributed by atoms with Crippen molar-refractivity contribution in [3.63, 3.8) is 0 Å². The number of ether oxygens (including phenoxy) is 1. The van der Waals surface area contributed by atoms with Gasteiger partial charge in [-0.15, -0.1) is 0 Å². The molecule has 0 aliphatic carbocycles. The van der Waals surface area contributed by atoms with Gasteiger partial charge in [0.25, 0.3) is 0 Å². The Balaban J connectivity index is 1.60. The van der Waals surface area contributed by atoms with Gasteiger partial charge in [-0.05, 0) is 45.1 Å². The van der Waals surface area contributed by atoms with Gasteiger partial charge < -0.3 is 25.4 Å². The van der Waals surface area contributed by atoms with E-state index in [9.17, 15) is 20.1 Å². The van der Waals surface area contributed by atoms with E-state index in [0.29, 0.717) is 11.2 Å². The van der Waals surface area contributed by atoms with Crippen molar-refractivity contribution in [3.8, 4) is 0 Å². The van der Waals surface area contributed by atoms with Gasteiger partial charge in [-0.3, -0.25) is 9.36 Å². The highest BCUT2D eigenvalue weighted by Crippen LogP contribution is 2.32. The normalized spacial score (nSPS) is 22.9. The molecule has 3 heterocycles. The highest BCUT2D eigenvalue weighted by Gasteiger charge is 2.44. The average Bonchev–Trinajstić information content (AvgIpc) is 3.45. The highest BCUT2D eigenvalue weighted by atomic mass is 16.6. The number of carbonyl (C=O) groups excluding carboxylic acids is 1. The number of anilines is 1. The molecule has 216 valence electrons. The number of hydrogen-bond acceptors (Lipinski definition) is 8. The zero-order valence-electron chi connectivity index (χ0n) is 23.9. The molecule has 0 radical (unpaired) electrons. The number of nitrogens with zero attached hydrogens (tertiary/aromatic N) is 4. The largest absolute Gasteiger partial charge is 0.394 e. The molecule has 40 heavy (non-hydrogen) atoms. The Morgan fingerprint density at radius 3 is 2.50 bits per heavy atom. The minimum atomic E-state index is -1.28. The molecule has 1 fully saturated rings. The van der Waals surface area contributed by atoms with Gasteiger partial charge in [0.05, 0.1) is 12.9 Å². The molecule has 4 atom stereocenters. The van der Waals surface area contributed by atoms with E-state index in [1.54, 1.807) is 0 Å². The molecular weight excluding hydrogens is 510 g/mol. The van der Waals surface area contributed by atoms with Crippen molar-refractivity contribution < 1.29 is 24.9 Å². The highest BCUT2D eigenvalue weighted by molar-refractivity contribution is 6.03. The van der Waals surface area contributed by atoms with Crippen LogP contribution in [-0.4, -0.2) is 65.7 Å². The second-order valence-electron chi connectivity index (χ2n) is 10.6. The molecule has 0 saturated carbocycles. The minimum absolute atomic E-state index is 0.196. The molecule has 0 bridgehead atoms. The van der Waals surface area contributed by atoms with Crippen molar-refractivity contribution in [1.82, 2.24) is 19.5 Å². The van der Waals surface area contributed by atoms with Crippen LogP contribution < -0.4 is 5.32 Å². The fourth-order valence-electron chi connectivity index (χ4n) is 4.29. The molecular formula is C30H41N5O5. The molecule has 0 spiro atoms. The molecule has 10 nitrogen and oxygen atoms in total. The lowest BCUT2D eigenvalue weighted by Gasteiger charge is -2.16. The number of fused-ring (bicyclic) bond motifs is 1. The van der Waals surface area contributed by atoms with E-state index in [2.05, 4.69) is 59.3 Å². The van der Waals surface area contributed by atoms with Gasteiger partial charge in [-0.2, -0.15) is 0 Å². The summed E-state index contributed by atoms with van der Waals surface area (Å²) in [5.41, 5.74) is 3.80. The summed E-state index contributed by atoms with van der Waals surface area (Å²) < 4.78 is 7.00. The maximum absolute atomic E-state index is 12.6. The Kier molecular flexibility index (Phi) is 11.5. The van der Waals surface area contributed by atoms with Gasteiger partial charge in [-0.25, -0.2) is 15.0 Å². The predicted molar refractivity (Wildman–Crippen MR) is 155 cm³/mol. The molecule has 3 rings (SSSR count). The second kappa shape index (κ2) is 14.8. The smallest absolute Gasteiger partial charge is 0.249 e. The number of nitrogens with one attached hydrogen (secondary N) is 1. The number of aromatic nitrogens is 4. The number of imidazole rings is 1. The van der Waals surface area contributed by atoms with E-state index in [-0.39, 0.29) is 11.7 Å². The topological polar surface area (TPSA) is 143 Å². The maximum Gasteiger partial charge on any atom is 0.249 e. The van der Waals surface area contributed by atoms with Gasteiger partial charge in [0.2, 0.25) is 5.91 Å². The quantitative estimate of drug-likeness (QED) is 0.228. The predicted octanol–water partition coefficient (Wildman–Crippen LogP) is 4.15. The molecule has 0 unspecified atom stereocenters. The van der Waals surface area contributed by atoms with Gasteiger partial charge in [0, 0.05) is 6.08 Å². The summed E-state index contributed by atoms with van der Waals surface area (Å²) in [6, 6.07) is 0. The standard InChI is InChI=1S/C30H41N5O5/c1-19(2)9-6-10-20(3)11-7-12-21(4)13-8-14-22(5)15-24(37)34-28-25-29(32-17-31-28)35(18-33-25)30-27(39)26(38)23(16-36)40-30/h7-8,11-15,17-19,23,26-27,30,36,38-39H,6,9-10,16H2,1-5H3,(H,31,32,34,37)/b12-7+,14-8+,20-11+,21-13+,22-15+/t23-,26-,27+,30-/m1/s1. The first-order chi connectivity index (χ1) is 19.1. The number of rotatable bonds is 12. The van der Waals surface area contributed by atoms with Crippen molar-refractivity contribution in [2.45, 2.75) is 78.4 Å². The van der Waals surface area contributed by atoms with Crippen LogP contribution in [0.3, 0.4) is 0 Å². The summed E-state index contributed by atoms with van der Waals surface area (Å²) in [6.45, 7) is 10.1. The molecule has 2 aromatic heterocycles. The average molecular weight is 552 g/mol. The number of amides is 1. The first kappa shape index (κ1) is 31.1. The lowest BCUT2D eigenvalue weighted by molar-refractivity contribution is -0.112. The first-order valence-corrected chi connectivity index (χ1v) is 13.6. The zero-order chi connectivity index (χ0) is 29.2. The van der Waals surface area contributed by atoms with Crippen LogP contribution in [0.4, 0.5) is 5.82 Å². The Morgan fingerprint density at radius 2 is 1.80 bits per heavy atom. The van der Waals surface area contributed by atoms with Gasteiger partial charge in [0.15, 0.2) is 23.2 Å². The van der Waals surface area contributed by atoms with Crippen molar-refractivity contribution in [1.29, 1.82) is 0 Å². The van der Waals surface area contributed by atoms with Crippen molar-refractivity contribution >= 4 is 22.9 Å². The Hall–Kier alpha value is -3.44. The van der Waals surface area contributed by atoms with Crippen LogP contribution in [0.1, 0.15) is 60.1 Å². The number of carbonyl (C=O) groups is 1. The van der Waals surface area contributed by atoms with Crippen molar-refractivity contribution in [3.05, 3.63) is 71.9 Å². The molecule has 4 N–H and O–H groups in total. The van der Waals surface area contributed by atoms with Crippen LogP contribution in [-0.2, 0) is 9.53 Å². The molecule has 10 heteroatoms. The lowest BCUT2D eigenvalue weighted by atomic mass is 10.0. The summed E-state index contributed by atoms with van der Waals surface area (Å²) in [5, 5.41) is 32.5. The summed E-state index contributed by atoms with van der Waals surface area (Å²) in [6.07, 6.45) is 15.2. The van der Waals surface area contributed by atoms with Crippen molar-refractivity contribution in [2.24, 2.45) is 5.92 Å². The van der Waals surface area contributed by atoms with E-state index in [1.165, 1.54) is 41.7 Å². The SMILES string of the molecule is CC(/C=C/C=C(\C)CCCC(C)C)=C\C=C\C(C)=C\C(=O)Nc1ncnc2c1ncn2[C@@H]1O[C@H](CO)[C@@H](O)[C@@H]1O. The summed E-state index contributed by atoms with van der Waals surface area (Å²) in [7, 11) is 0. The molecule has 1 amide bonds. The van der Waals surface area contributed by atoms with Gasteiger partial charge in [-0.1, -0.05) is 67.9 Å². The monoisotopic (exact) mass is 551 g/mol. The molecule has 1 aliphatic heterocycles. The number of aliphatic hydroxyl groups excluding tert-OH is 3. The number of allylic oxidation sites excluding steroid dienone is 9. The van der Waals surface area contributed by atoms with Crippen LogP contribution in [0, 0.1) is 5.92 Å². The first-order valence-electron chi connectivity index (χ1n) is 13.6. The van der Waals surface area contributed by atoms with Crippen LogP contribution in [0.2, 0.25) is 0 Å². The lowest BCUT2D eigenvalue weighted by Crippen LogP contribution is -2.33. The zero-order valence-corrected chi connectivity index (χ0v) is 23.9. The van der Waals surface area contributed by atoms with E-state index >= 15 is 0 Å². The van der Waals surface area contributed by atoms with E-state index in [1.807, 2.05) is 32.1 Å². The Bertz CT molecular complexity index is 1310. The molecule has 2 aromatic rings. The van der Waals surface area contributed by atoms with Gasteiger partial charge >= 0.3 is 0 Å². The summed E-state index contributed by atoms with van der Waals surface area (Å²) in [4.78, 5) is 25.2. The Morgan fingerprint density at radius 1 is 1.07 bits per heavy atom. The van der Waals surface area contributed by atoms with E-state index in [4.69, 9.17) is 4.74 Å². The summed E-state index contributed by atoms with van der Waals surface area (Å²) >= 11 is 0. The third-order valence-corrected chi connectivity index (χ3v) is 6.56. The van der Waals surface area contributed by atoms with Gasteiger partial charge in [0.1, 0.15) is 24.6 Å². The van der Waals surface area contributed by atoms with Crippen LogP contribution >= 0.6 is 0 Å². The summed E-state index contributed by atoms with van der Waals surface area (Å²) in [5.74, 6) is 0.550. The number of aliphatic hydroxyl groups is 3. The van der Waals surface area contributed by atoms with Crippen LogP contribution in [0.25, 0.3) is 11.2 Å². The Labute approximate surface area is 235 Å². The van der Waals surface area contributed by atoms with E-state index in [0.717, 1.165) is 23.5 Å². The second-order valence-corrected chi connectivity index (χ2v) is 10.6. The number of hydrogen-bond donors (Lipinski definition) is 4. The molecule has 1 saturated heterocycles. The van der Waals surface area contributed by atoms with Crippen molar-refractivity contribution in [2.75, 3.05) is 11.9 Å². The minimum Gasteiger partial charge on any atom is -0.394 e. The molecule has 1 aliphatic rings. The third kappa shape index (κ3) is 8.53. The van der Waals surface area contributed by atoms with E-state index < -0.39 is 31.1 Å². The fourth-order valence-corrected chi connectivity index (χ4v) is 4.29. The maximum atomic E-state index is 12.6. The fraction of sp³-hybridized carbons (Fsp3) is 0.467.